The van der Waals surface area contributed by atoms with Gasteiger partial charge < -0.3 is 10.0 Å². The van der Waals surface area contributed by atoms with Crippen LogP contribution in [0.2, 0.25) is 0 Å². The number of hydrogen-bond donors (Lipinski definition) is 1. The molecule has 0 bridgehead atoms. The zero-order chi connectivity index (χ0) is 18.9. The molecule has 26 heavy (non-hydrogen) atoms. The van der Waals surface area contributed by atoms with E-state index in [4.69, 9.17) is 5.11 Å². The molecule has 1 atom stereocenters. The average Bonchev–Trinajstić information content (AvgIpc) is 2.59. The molecule has 2 aliphatic heterocycles. The smallest absolute Gasteiger partial charge is 0.306 e. The molecule has 3 rings (SSSR count). The molecule has 2 saturated heterocycles. The van der Waals surface area contributed by atoms with Gasteiger partial charge in [-0.2, -0.15) is 4.31 Å². The van der Waals surface area contributed by atoms with Crippen molar-refractivity contribution in [2.45, 2.75) is 45.2 Å². The van der Waals surface area contributed by atoms with Crippen LogP contribution >= 0.6 is 0 Å². The lowest BCUT2D eigenvalue weighted by molar-refractivity contribution is -0.142. The van der Waals surface area contributed by atoms with Gasteiger partial charge in [0.1, 0.15) is 5.82 Å². The third-order valence-electron chi connectivity index (χ3n) is 5.45. The van der Waals surface area contributed by atoms with E-state index in [0.29, 0.717) is 43.6 Å². The van der Waals surface area contributed by atoms with Gasteiger partial charge in [0.05, 0.1) is 11.7 Å². The number of piperidine rings is 1. The SMILES string of the molecule is CC1CCCS(=O)(=O)N1Cc1ccc(N2CCC(C(=O)O)CC2)cc1F. The van der Waals surface area contributed by atoms with E-state index in [9.17, 15) is 17.6 Å². The first kappa shape index (κ1) is 19.1. The van der Waals surface area contributed by atoms with E-state index in [0.717, 1.165) is 6.42 Å². The number of benzene rings is 1. The van der Waals surface area contributed by atoms with Crippen LogP contribution in [0.4, 0.5) is 10.1 Å². The Morgan fingerprint density at radius 2 is 1.96 bits per heavy atom. The summed E-state index contributed by atoms with van der Waals surface area (Å²) in [7, 11) is -3.33. The Labute approximate surface area is 153 Å². The zero-order valence-corrected chi connectivity index (χ0v) is 15.7. The highest BCUT2D eigenvalue weighted by atomic mass is 32.2. The molecule has 1 aromatic carbocycles. The third-order valence-corrected chi connectivity index (χ3v) is 7.45. The minimum atomic E-state index is -3.33. The van der Waals surface area contributed by atoms with E-state index in [2.05, 4.69) is 0 Å². The quantitative estimate of drug-likeness (QED) is 0.863. The molecule has 1 N–H and O–H groups in total. The molecule has 0 saturated carbocycles. The van der Waals surface area contributed by atoms with Crippen molar-refractivity contribution >= 4 is 21.7 Å². The lowest BCUT2D eigenvalue weighted by Crippen LogP contribution is -2.43. The Morgan fingerprint density at radius 1 is 1.27 bits per heavy atom. The van der Waals surface area contributed by atoms with Crippen molar-refractivity contribution in [2.75, 3.05) is 23.7 Å². The maximum atomic E-state index is 14.6. The van der Waals surface area contributed by atoms with Crippen molar-refractivity contribution < 1.29 is 22.7 Å². The predicted molar refractivity (Wildman–Crippen MR) is 97.0 cm³/mol. The second-order valence-electron chi connectivity index (χ2n) is 7.23. The number of carboxylic acid groups (broad SMARTS) is 1. The van der Waals surface area contributed by atoms with E-state index in [-0.39, 0.29) is 24.3 Å². The van der Waals surface area contributed by atoms with Crippen molar-refractivity contribution in [3.8, 4) is 0 Å². The van der Waals surface area contributed by atoms with Gasteiger partial charge in [-0.05, 0) is 44.7 Å². The standard InChI is InChI=1S/C18H25FN2O4S/c1-13-3-2-10-26(24,25)21(13)12-15-4-5-16(11-17(15)19)20-8-6-14(7-9-20)18(22)23/h4-5,11,13-14H,2-3,6-10,12H2,1H3,(H,22,23). The van der Waals surface area contributed by atoms with Gasteiger partial charge in [-0.25, -0.2) is 12.8 Å². The van der Waals surface area contributed by atoms with Crippen LogP contribution in [0.5, 0.6) is 0 Å². The molecular formula is C18H25FN2O4S. The molecule has 0 aliphatic carbocycles. The summed E-state index contributed by atoms with van der Waals surface area (Å²) in [5, 5.41) is 9.06. The number of carboxylic acids is 1. The van der Waals surface area contributed by atoms with Crippen LogP contribution in [-0.4, -0.2) is 48.7 Å². The first-order valence-corrected chi connectivity index (χ1v) is 10.6. The molecule has 6 nitrogen and oxygen atoms in total. The van der Waals surface area contributed by atoms with Gasteiger partial charge >= 0.3 is 5.97 Å². The molecule has 2 fully saturated rings. The fraction of sp³-hybridized carbons (Fsp3) is 0.611. The van der Waals surface area contributed by atoms with Crippen molar-refractivity contribution in [1.29, 1.82) is 0 Å². The molecule has 2 heterocycles. The molecule has 8 heteroatoms. The van der Waals surface area contributed by atoms with E-state index < -0.39 is 21.8 Å². The van der Waals surface area contributed by atoms with Crippen LogP contribution in [0.15, 0.2) is 18.2 Å². The maximum Gasteiger partial charge on any atom is 0.306 e. The molecule has 0 radical (unpaired) electrons. The van der Waals surface area contributed by atoms with Gasteiger partial charge in [0.2, 0.25) is 10.0 Å². The summed E-state index contributed by atoms with van der Waals surface area (Å²) in [4.78, 5) is 13.0. The normalized spacial score (nSPS) is 24.5. The fourth-order valence-corrected chi connectivity index (χ4v) is 5.52. The van der Waals surface area contributed by atoms with Crippen LogP contribution < -0.4 is 4.90 Å². The van der Waals surface area contributed by atoms with Crippen LogP contribution in [-0.2, 0) is 21.4 Å². The van der Waals surface area contributed by atoms with Gasteiger partial charge in [-0.1, -0.05) is 6.07 Å². The summed E-state index contributed by atoms with van der Waals surface area (Å²) in [6, 6.07) is 4.74. The highest BCUT2D eigenvalue weighted by molar-refractivity contribution is 7.89. The molecule has 2 aliphatic rings. The number of hydrogen-bond acceptors (Lipinski definition) is 4. The van der Waals surface area contributed by atoms with E-state index in [1.54, 1.807) is 12.1 Å². The maximum absolute atomic E-state index is 14.6. The number of anilines is 1. The van der Waals surface area contributed by atoms with Crippen molar-refractivity contribution in [1.82, 2.24) is 4.31 Å². The zero-order valence-electron chi connectivity index (χ0n) is 14.9. The van der Waals surface area contributed by atoms with Gasteiger partial charge in [0.25, 0.3) is 0 Å². The Morgan fingerprint density at radius 3 is 2.54 bits per heavy atom. The second kappa shape index (κ2) is 7.52. The highest BCUT2D eigenvalue weighted by Gasteiger charge is 2.32. The molecule has 0 spiro atoms. The summed E-state index contributed by atoms with van der Waals surface area (Å²) in [6.07, 6.45) is 2.52. The van der Waals surface area contributed by atoms with Crippen molar-refractivity contribution in [2.24, 2.45) is 5.92 Å². The Hall–Kier alpha value is -1.67. The van der Waals surface area contributed by atoms with E-state index >= 15 is 0 Å². The highest BCUT2D eigenvalue weighted by Crippen LogP contribution is 2.28. The molecule has 144 valence electrons. The molecule has 1 aromatic rings. The third kappa shape index (κ3) is 4.01. The lowest BCUT2D eigenvalue weighted by atomic mass is 9.96. The largest absolute Gasteiger partial charge is 0.481 e. The predicted octanol–water partition coefficient (Wildman–Crippen LogP) is 2.44. The van der Waals surface area contributed by atoms with Gasteiger partial charge in [0.15, 0.2) is 0 Å². The summed E-state index contributed by atoms with van der Waals surface area (Å²) in [5.41, 5.74) is 1.08. The number of nitrogens with zero attached hydrogens (tertiary/aromatic N) is 2. The summed E-state index contributed by atoms with van der Waals surface area (Å²) < 4.78 is 40.5. The van der Waals surface area contributed by atoms with E-state index in [1.807, 2.05) is 11.8 Å². The monoisotopic (exact) mass is 384 g/mol. The molecule has 0 amide bonds. The Balaban J connectivity index is 1.71. The minimum absolute atomic E-state index is 0.0523. The van der Waals surface area contributed by atoms with Gasteiger partial charge in [-0.15, -0.1) is 0 Å². The van der Waals surface area contributed by atoms with Crippen LogP contribution in [0.3, 0.4) is 0 Å². The summed E-state index contributed by atoms with van der Waals surface area (Å²) in [6.45, 7) is 3.06. The molecular weight excluding hydrogens is 359 g/mol. The molecule has 1 unspecified atom stereocenters. The van der Waals surface area contributed by atoms with Gasteiger partial charge in [0, 0.05) is 36.9 Å². The Bertz CT molecular complexity index is 775. The number of halogens is 1. The lowest BCUT2D eigenvalue weighted by Gasteiger charge is -2.33. The Kier molecular flexibility index (Phi) is 5.53. The van der Waals surface area contributed by atoms with Crippen LogP contribution in [0, 0.1) is 11.7 Å². The summed E-state index contributed by atoms with van der Waals surface area (Å²) >= 11 is 0. The average molecular weight is 384 g/mol. The number of rotatable bonds is 4. The van der Waals surface area contributed by atoms with Crippen LogP contribution in [0.1, 0.15) is 38.2 Å². The van der Waals surface area contributed by atoms with Gasteiger partial charge in [-0.3, -0.25) is 4.79 Å². The first-order valence-electron chi connectivity index (χ1n) is 9.03. The van der Waals surface area contributed by atoms with Crippen molar-refractivity contribution in [3.63, 3.8) is 0 Å². The first-order chi connectivity index (χ1) is 12.3. The minimum Gasteiger partial charge on any atom is -0.481 e. The molecule has 0 aromatic heterocycles. The number of sulfonamides is 1. The number of aliphatic carboxylic acids is 1. The topological polar surface area (TPSA) is 77.9 Å². The van der Waals surface area contributed by atoms with Crippen LogP contribution in [0.25, 0.3) is 0 Å². The second-order valence-corrected chi connectivity index (χ2v) is 9.27. The number of carbonyl (C=O) groups is 1. The fourth-order valence-electron chi connectivity index (χ4n) is 3.76. The van der Waals surface area contributed by atoms with Crippen molar-refractivity contribution in [3.05, 3.63) is 29.6 Å². The summed E-state index contributed by atoms with van der Waals surface area (Å²) in [5.74, 6) is -1.41. The van der Waals surface area contributed by atoms with E-state index in [1.165, 1.54) is 10.4 Å².